The summed E-state index contributed by atoms with van der Waals surface area (Å²) in [5, 5.41) is 0. The zero-order chi connectivity index (χ0) is 14.1. The Balaban J connectivity index is 0. The third-order valence-electron chi connectivity index (χ3n) is 0.231. The maximum absolute atomic E-state index is 11.3. The second-order valence-corrected chi connectivity index (χ2v) is 9.28. The molecular formula is C2F12SW. The third kappa shape index (κ3) is 64.4. The van der Waals surface area contributed by atoms with Crippen molar-refractivity contribution in [2.75, 3.05) is 0 Å². The molecule has 0 amide bonds. The number of halogens is 12. The van der Waals surface area contributed by atoms with E-state index in [0.717, 1.165) is 0 Å². The summed E-state index contributed by atoms with van der Waals surface area (Å²) in [6.45, 7) is 0. The van der Waals surface area contributed by atoms with E-state index in [1.807, 2.05) is 0 Å². The van der Waals surface area contributed by atoms with Gasteiger partial charge in [-0.2, -0.15) is 26.3 Å². The number of thioether (sulfide) groups is 1. The number of rotatable bonds is 0. The molecule has 16 heavy (non-hydrogen) atoms. The van der Waals surface area contributed by atoms with Crippen LogP contribution in [0.3, 0.4) is 0 Å². The fourth-order valence-corrected chi connectivity index (χ4v) is 0.394. The Morgan fingerprint density at radius 2 is 0.688 bits per heavy atom. The van der Waals surface area contributed by atoms with Gasteiger partial charge in [-0.05, 0) is 0 Å². The molecule has 0 aromatic carbocycles. The van der Waals surface area contributed by atoms with Crippen LogP contribution in [-0.2, 0) is 16.7 Å². The third-order valence-corrected chi connectivity index (χ3v) is 0.694. The first kappa shape index (κ1) is 18.6. The summed E-state index contributed by atoms with van der Waals surface area (Å²) in [5.74, 6) is 0. The van der Waals surface area contributed by atoms with Crippen LogP contribution in [0.5, 0.6) is 0 Å². The van der Waals surface area contributed by atoms with Crippen molar-refractivity contribution in [1.29, 1.82) is 0 Å². The fraction of sp³-hybridized carbons (Fsp3) is 1.00. The van der Waals surface area contributed by atoms with Crippen molar-refractivity contribution in [2.45, 2.75) is 11.0 Å². The zero-order valence-corrected chi connectivity index (χ0v) is 10.1. The van der Waals surface area contributed by atoms with Gasteiger partial charge in [0.25, 0.3) is 0 Å². The summed E-state index contributed by atoms with van der Waals surface area (Å²) in [4.78, 5) is 0. The van der Waals surface area contributed by atoms with E-state index in [1.54, 1.807) is 0 Å². The second-order valence-electron chi connectivity index (χ2n) is 1.87. The van der Waals surface area contributed by atoms with Gasteiger partial charge in [-0.1, -0.05) is 0 Å². The predicted molar refractivity (Wildman–Crippen MR) is 26.3 cm³/mol. The molecule has 0 rings (SSSR count). The molecule has 0 atom stereocenters. The second kappa shape index (κ2) is 3.85. The van der Waals surface area contributed by atoms with Crippen molar-refractivity contribution in [3.8, 4) is 0 Å². The summed E-state index contributed by atoms with van der Waals surface area (Å²) in [6.07, 6.45) is 0. The first-order valence-electron chi connectivity index (χ1n) is 2.47. The molecule has 0 spiro atoms. The van der Waals surface area contributed by atoms with Crippen LogP contribution in [0.2, 0.25) is 0 Å². The van der Waals surface area contributed by atoms with Crippen LogP contribution in [0.1, 0.15) is 0 Å². The summed E-state index contributed by atoms with van der Waals surface area (Å²) in [6, 6.07) is 0. The zero-order valence-electron chi connectivity index (χ0n) is 6.35. The van der Waals surface area contributed by atoms with Crippen LogP contribution in [0.4, 0.5) is 45.3 Å². The van der Waals surface area contributed by atoms with Gasteiger partial charge in [-0.3, -0.25) is 0 Å². The molecule has 0 fully saturated rings. The van der Waals surface area contributed by atoms with E-state index >= 15 is 0 Å². The van der Waals surface area contributed by atoms with Gasteiger partial charge in [-0.15, -0.1) is 0 Å². The molecule has 0 saturated carbocycles. The molecule has 0 aliphatic heterocycles. The average Bonchev–Trinajstić information content (AvgIpc) is 1.36. The molecule has 0 N–H and O–H groups in total. The van der Waals surface area contributed by atoms with Gasteiger partial charge in [-0.25, -0.2) is 0 Å². The summed E-state index contributed by atoms with van der Waals surface area (Å²) < 4.78 is 124. The van der Waals surface area contributed by atoms with E-state index in [9.17, 15) is 45.3 Å². The van der Waals surface area contributed by atoms with E-state index in [1.165, 1.54) is 0 Å². The van der Waals surface area contributed by atoms with Crippen LogP contribution >= 0.6 is 11.8 Å². The first-order valence-corrected chi connectivity index (χ1v) is 9.94. The van der Waals surface area contributed by atoms with Crippen molar-refractivity contribution < 1.29 is 62.0 Å². The fourth-order valence-electron chi connectivity index (χ4n) is 0.131. The van der Waals surface area contributed by atoms with Gasteiger partial charge in [0.2, 0.25) is 0 Å². The maximum atomic E-state index is 10.8. The monoisotopic (exact) mass is 468 g/mol. The van der Waals surface area contributed by atoms with Crippen LogP contribution in [-0.4, -0.2) is 11.0 Å². The van der Waals surface area contributed by atoms with Crippen LogP contribution in [0.15, 0.2) is 0 Å². The Morgan fingerprint density at radius 1 is 0.562 bits per heavy atom. The van der Waals surface area contributed by atoms with E-state index in [4.69, 9.17) is 0 Å². The van der Waals surface area contributed by atoms with E-state index < -0.39 is 39.5 Å². The summed E-state index contributed by atoms with van der Waals surface area (Å²) in [5.41, 5.74) is -10.4. The molecule has 0 radical (unpaired) electrons. The van der Waals surface area contributed by atoms with E-state index in [-0.39, 0.29) is 0 Å². The van der Waals surface area contributed by atoms with Crippen molar-refractivity contribution >= 4 is 11.8 Å². The quantitative estimate of drug-likeness (QED) is 0.437. The van der Waals surface area contributed by atoms with Crippen molar-refractivity contribution in [3.05, 3.63) is 0 Å². The standard InChI is InChI=1S/C2F6S.6FH.W/c3-1(4,5)9-2(6,7)8;;;;;;;/h;6*1H;/q;;;;;;;+6/p-6. The van der Waals surface area contributed by atoms with Crippen LogP contribution in [0.25, 0.3) is 0 Å². The van der Waals surface area contributed by atoms with Gasteiger partial charge in [0.05, 0.1) is 11.8 Å². The Kier molecular flexibility index (Phi) is 4.47. The Labute approximate surface area is 85.3 Å². The van der Waals surface area contributed by atoms with Crippen molar-refractivity contribution in [2.24, 2.45) is 0 Å². The molecular weight excluding hydrogens is 468 g/mol. The summed E-state index contributed by atoms with van der Waals surface area (Å²) >= 11 is -13.3. The molecule has 0 aliphatic carbocycles. The molecule has 104 valence electrons. The molecule has 0 aromatic heterocycles. The first-order chi connectivity index (χ1) is 6.16. The molecule has 0 aromatic rings. The number of hydrogen-bond donors (Lipinski definition) is 0. The molecule has 0 unspecified atom stereocenters. The van der Waals surface area contributed by atoms with Gasteiger partial charge >= 0.3 is 46.7 Å². The number of hydrogen-bond acceptors (Lipinski definition) is 1. The Bertz CT molecular complexity index is 199. The van der Waals surface area contributed by atoms with Crippen molar-refractivity contribution in [3.63, 3.8) is 0 Å². The van der Waals surface area contributed by atoms with Gasteiger partial charge in [0.1, 0.15) is 0 Å². The number of alkyl halides is 6. The predicted octanol–water partition coefficient (Wildman–Crippen LogP) is 5.28. The summed E-state index contributed by atoms with van der Waals surface area (Å²) in [7, 11) is 0. The van der Waals surface area contributed by atoms with Gasteiger partial charge in [0.15, 0.2) is 0 Å². The van der Waals surface area contributed by atoms with Crippen molar-refractivity contribution in [1.82, 2.24) is 0 Å². The van der Waals surface area contributed by atoms with E-state index in [2.05, 4.69) is 0 Å². The molecule has 0 heterocycles. The minimum absolute atomic E-state index is 1.99. The Morgan fingerprint density at radius 3 is 0.688 bits per heavy atom. The van der Waals surface area contributed by atoms with Gasteiger partial charge < -0.3 is 0 Å². The SMILES string of the molecule is FC(F)(F)SC(F)(F)F.[F][W]([F])([F])([F])([F])[F]. The normalized spacial score (nSPS) is 18.0. The molecule has 0 nitrogen and oxygen atoms in total. The molecule has 0 saturated heterocycles. The van der Waals surface area contributed by atoms with Crippen LogP contribution in [0, 0.1) is 0 Å². The average molecular weight is 468 g/mol. The van der Waals surface area contributed by atoms with Crippen LogP contribution < -0.4 is 0 Å². The molecule has 14 heteroatoms. The topological polar surface area (TPSA) is 0 Å². The van der Waals surface area contributed by atoms with E-state index in [0.29, 0.717) is 0 Å². The Hall–Kier alpha value is 0.198. The molecule has 0 bridgehead atoms. The minimum atomic E-state index is -11.3. The molecule has 0 aliphatic rings. The van der Waals surface area contributed by atoms with Gasteiger partial charge in [0, 0.05) is 0 Å².